The van der Waals surface area contributed by atoms with Crippen LogP contribution in [-0.2, 0) is 4.79 Å². The van der Waals surface area contributed by atoms with Crippen molar-refractivity contribution in [3.63, 3.8) is 0 Å². The summed E-state index contributed by atoms with van der Waals surface area (Å²) < 4.78 is 6.72. The molecule has 1 N–H and O–H groups in total. The van der Waals surface area contributed by atoms with Crippen molar-refractivity contribution < 1.29 is 9.53 Å². The predicted molar refractivity (Wildman–Crippen MR) is 132 cm³/mol. The van der Waals surface area contributed by atoms with Crippen LogP contribution in [0.25, 0.3) is 16.6 Å². The second-order valence-electron chi connectivity index (χ2n) is 7.24. The summed E-state index contributed by atoms with van der Waals surface area (Å²) in [6, 6.07) is 22.1. The maximum absolute atomic E-state index is 13.3. The molecule has 7 nitrogen and oxygen atoms in total. The Morgan fingerprint density at radius 1 is 1.09 bits per heavy atom. The number of carbonyl (C=O) groups excluding carboxylic acids is 1. The number of carbonyl (C=O) groups is 1. The SMILES string of the molecule is COc1ccc(-n2c(SCC(=O)N/N=C\c3ccc(C)cc3)nc3ccccc3c2=O)cc1. The first kappa shape index (κ1) is 22.3. The van der Waals surface area contributed by atoms with Gasteiger partial charge in [-0.2, -0.15) is 5.10 Å². The van der Waals surface area contributed by atoms with Gasteiger partial charge in [0.1, 0.15) is 5.75 Å². The summed E-state index contributed by atoms with van der Waals surface area (Å²) in [6.45, 7) is 2.01. The van der Waals surface area contributed by atoms with Gasteiger partial charge in [-0.3, -0.25) is 14.2 Å². The third-order valence-electron chi connectivity index (χ3n) is 4.89. The molecular weight excluding hydrogens is 436 g/mol. The third-order valence-corrected chi connectivity index (χ3v) is 5.83. The summed E-state index contributed by atoms with van der Waals surface area (Å²) in [5.41, 5.74) is 5.57. The summed E-state index contributed by atoms with van der Waals surface area (Å²) >= 11 is 1.17. The minimum atomic E-state index is -0.299. The highest BCUT2D eigenvalue weighted by molar-refractivity contribution is 7.99. The number of aryl methyl sites for hydroxylation is 1. The molecule has 0 aliphatic rings. The number of hydrazone groups is 1. The van der Waals surface area contributed by atoms with Crippen LogP contribution in [-0.4, -0.2) is 34.5 Å². The highest BCUT2D eigenvalue weighted by atomic mass is 32.2. The molecule has 0 aliphatic carbocycles. The number of thioether (sulfide) groups is 1. The summed E-state index contributed by atoms with van der Waals surface area (Å²) in [6.07, 6.45) is 1.59. The number of rotatable bonds is 7. The molecule has 0 aliphatic heterocycles. The van der Waals surface area contributed by atoms with E-state index in [0.29, 0.717) is 27.5 Å². The molecule has 0 spiro atoms. The van der Waals surface area contributed by atoms with Crippen LogP contribution in [0.2, 0.25) is 0 Å². The highest BCUT2D eigenvalue weighted by Gasteiger charge is 2.15. The van der Waals surface area contributed by atoms with E-state index in [1.165, 1.54) is 16.3 Å². The number of methoxy groups -OCH3 is 1. The standard InChI is InChI=1S/C25H22N4O3S/c1-17-7-9-18(10-8-17)15-26-28-23(30)16-33-25-27-22-6-4-3-5-21(22)24(31)29(25)19-11-13-20(32-2)14-12-19/h3-15H,16H2,1-2H3,(H,28,30)/b26-15-. The molecule has 1 aromatic heterocycles. The lowest BCUT2D eigenvalue weighted by Gasteiger charge is -2.13. The Hall–Kier alpha value is -3.91. The number of ether oxygens (including phenoxy) is 1. The Labute approximate surface area is 195 Å². The van der Waals surface area contributed by atoms with Crippen molar-refractivity contribution in [3.8, 4) is 11.4 Å². The van der Waals surface area contributed by atoms with Gasteiger partial charge in [0.15, 0.2) is 5.16 Å². The molecule has 8 heteroatoms. The van der Waals surface area contributed by atoms with E-state index in [-0.39, 0.29) is 17.2 Å². The Balaban J connectivity index is 1.56. The lowest BCUT2D eigenvalue weighted by atomic mass is 10.2. The highest BCUT2D eigenvalue weighted by Crippen LogP contribution is 2.22. The van der Waals surface area contributed by atoms with Crippen molar-refractivity contribution in [2.75, 3.05) is 12.9 Å². The number of amides is 1. The minimum absolute atomic E-state index is 0.0478. The van der Waals surface area contributed by atoms with Gasteiger partial charge in [0.05, 0.1) is 35.7 Å². The van der Waals surface area contributed by atoms with E-state index in [2.05, 4.69) is 15.5 Å². The molecule has 4 aromatic rings. The molecule has 0 saturated carbocycles. The van der Waals surface area contributed by atoms with Crippen LogP contribution in [0.4, 0.5) is 0 Å². The van der Waals surface area contributed by atoms with Crippen LogP contribution in [0.3, 0.4) is 0 Å². The fourth-order valence-electron chi connectivity index (χ4n) is 3.16. The van der Waals surface area contributed by atoms with E-state index in [0.717, 1.165) is 11.1 Å². The molecule has 0 bridgehead atoms. The summed E-state index contributed by atoms with van der Waals surface area (Å²) in [4.78, 5) is 30.3. The topological polar surface area (TPSA) is 85.6 Å². The second-order valence-corrected chi connectivity index (χ2v) is 8.19. The second kappa shape index (κ2) is 10.1. The molecule has 0 radical (unpaired) electrons. The third kappa shape index (κ3) is 5.30. The van der Waals surface area contributed by atoms with Crippen molar-refractivity contribution in [1.82, 2.24) is 15.0 Å². The first-order chi connectivity index (χ1) is 16.0. The average molecular weight is 459 g/mol. The maximum atomic E-state index is 13.3. The molecule has 1 amide bonds. The smallest absolute Gasteiger partial charge is 0.266 e. The number of aromatic nitrogens is 2. The monoisotopic (exact) mass is 458 g/mol. The van der Waals surface area contributed by atoms with Crippen LogP contribution in [0.1, 0.15) is 11.1 Å². The van der Waals surface area contributed by atoms with Gasteiger partial charge in [-0.25, -0.2) is 10.4 Å². The Morgan fingerprint density at radius 2 is 1.82 bits per heavy atom. The van der Waals surface area contributed by atoms with E-state index >= 15 is 0 Å². The van der Waals surface area contributed by atoms with Gasteiger partial charge in [0, 0.05) is 0 Å². The molecule has 33 heavy (non-hydrogen) atoms. The van der Waals surface area contributed by atoms with Crippen LogP contribution < -0.4 is 15.7 Å². The number of para-hydroxylation sites is 1. The van der Waals surface area contributed by atoms with Crippen molar-refractivity contribution in [1.29, 1.82) is 0 Å². The number of fused-ring (bicyclic) bond motifs is 1. The van der Waals surface area contributed by atoms with Gasteiger partial charge in [-0.15, -0.1) is 0 Å². The summed E-state index contributed by atoms with van der Waals surface area (Å²) in [5, 5.41) is 4.93. The number of benzene rings is 3. The fraction of sp³-hybridized carbons (Fsp3) is 0.120. The van der Waals surface area contributed by atoms with Crippen LogP contribution in [0.15, 0.2) is 87.8 Å². The molecule has 0 saturated heterocycles. The van der Waals surface area contributed by atoms with Gasteiger partial charge in [-0.05, 0) is 48.9 Å². The largest absolute Gasteiger partial charge is 0.497 e. The first-order valence-corrected chi connectivity index (χ1v) is 11.2. The van der Waals surface area contributed by atoms with Crippen molar-refractivity contribution in [2.45, 2.75) is 12.1 Å². The Morgan fingerprint density at radius 3 is 2.55 bits per heavy atom. The molecule has 1 heterocycles. The van der Waals surface area contributed by atoms with Gasteiger partial charge in [0.2, 0.25) is 0 Å². The average Bonchev–Trinajstić information content (AvgIpc) is 2.84. The lowest BCUT2D eigenvalue weighted by Crippen LogP contribution is -2.24. The molecule has 0 fully saturated rings. The molecule has 166 valence electrons. The molecule has 0 atom stereocenters. The lowest BCUT2D eigenvalue weighted by molar-refractivity contribution is -0.118. The van der Waals surface area contributed by atoms with Crippen LogP contribution in [0.5, 0.6) is 5.75 Å². The molecule has 4 rings (SSSR count). The van der Waals surface area contributed by atoms with Crippen molar-refractivity contribution >= 4 is 34.8 Å². The zero-order valence-electron chi connectivity index (χ0n) is 18.2. The number of hydrogen-bond acceptors (Lipinski definition) is 6. The van der Waals surface area contributed by atoms with E-state index in [1.54, 1.807) is 55.8 Å². The predicted octanol–water partition coefficient (Wildman–Crippen LogP) is 3.95. The van der Waals surface area contributed by atoms with Gasteiger partial charge in [0.25, 0.3) is 11.5 Å². The minimum Gasteiger partial charge on any atom is -0.497 e. The Bertz CT molecular complexity index is 1360. The van der Waals surface area contributed by atoms with Gasteiger partial charge < -0.3 is 4.74 Å². The number of nitrogens with one attached hydrogen (secondary N) is 1. The zero-order chi connectivity index (χ0) is 23.2. The van der Waals surface area contributed by atoms with Crippen molar-refractivity contribution in [2.24, 2.45) is 5.10 Å². The molecular formula is C25H22N4O3S. The normalized spacial score (nSPS) is 11.1. The molecule has 3 aromatic carbocycles. The van der Waals surface area contributed by atoms with E-state index < -0.39 is 0 Å². The van der Waals surface area contributed by atoms with Crippen LogP contribution in [0, 0.1) is 6.92 Å². The van der Waals surface area contributed by atoms with E-state index in [4.69, 9.17) is 4.74 Å². The van der Waals surface area contributed by atoms with E-state index in [9.17, 15) is 9.59 Å². The summed E-state index contributed by atoms with van der Waals surface area (Å²) in [5.74, 6) is 0.430. The zero-order valence-corrected chi connectivity index (χ0v) is 19.0. The Kier molecular flexibility index (Phi) is 6.85. The summed E-state index contributed by atoms with van der Waals surface area (Å²) in [7, 11) is 1.58. The quantitative estimate of drug-likeness (QED) is 0.196. The molecule has 0 unspecified atom stereocenters. The van der Waals surface area contributed by atoms with Gasteiger partial charge in [-0.1, -0.05) is 53.7 Å². The van der Waals surface area contributed by atoms with E-state index in [1.807, 2.05) is 37.3 Å². The number of nitrogens with zero attached hydrogens (tertiary/aromatic N) is 3. The first-order valence-electron chi connectivity index (χ1n) is 10.2. The van der Waals surface area contributed by atoms with Crippen LogP contribution >= 0.6 is 11.8 Å². The maximum Gasteiger partial charge on any atom is 0.266 e. The fourth-order valence-corrected chi connectivity index (χ4v) is 3.97. The van der Waals surface area contributed by atoms with Crippen molar-refractivity contribution in [3.05, 3.63) is 94.3 Å². The number of hydrogen-bond donors (Lipinski definition) is 1. The van der Waals surface area contributed by atoms with Gasteiger partial charge >= 0.3 is 0 Å².